The van der Waals surface area contributed by atoms with Crippen LogP contribution in [0.15, 0.2) is 35.5 Å². The minimum atomic E-state index is -3.48. The Labute approximate surface area is 141 Å². The molecule has 0 amide bonds. The van der Waals surface area contributed by atoms with Crippen LogP contribution in [-0.2, 0) is 10.0 Å². The number of piperidine rings is 1. The molecule has 1 fully saturated rings. The molecular weight excluding hydrogens is 328 g/mol. The number of pyridine rings is 1. The summed E-state index contributed by atoms with van der Waals surface area (Å²) >= 11 is 0. The predicted octanol–water partition coefficient (Wildman–Crippen LogP) is 1.72. The van der Waals surface area contributed by atoms with Gasteiger partial charge in [-0.15, -0.1) is 0 Å². The molecule has 2 aromatic heterocycles. The fraction of sp³-hybridized carbons (Fsp3) is 0.438. The number of nitrogens with zero attached hydrogens (tertiary/aromatic N) is 4. The van der Waals surface area contributed by atoms with Crippen LogP contribution < -0.4 is 4.74 Å². The Hall–Kier alpha value is -2.06. The second-order valence-electron chi connectivity index (χ2n) is 5.80. The van der Waals surface area contributed by atoms with Gasteiger partial charge in [-0.1, -0.05) is 0 Å². The minimum Gasteiger partial charge on any atom is -0.474 e. The molecule has 0 aromatic carbocycles. The van der Waals surface area contributed by atoms with E-state index in [2.05, 4.69) is 15.0 Å². The Morgan fingerprint density at radius 2 is 1.96 bits per heavy atom. The van der Waals surface area contributed by atoms with E-state index < -0.39 is 10.0 Å². The lowest BCUT2D eigenvalue weighted by atomic mass is 10.1. The van der Waals surface area contributed by atoms with E-state index in [9.17, 15) is 8.42 Å². The molecular formula is C16H20N4O3S. The Balaban J connectivity index is 1.63. The highest BCUT2D eigenvalue weighted by Gasteiger charge is 2.30. The third kappa shape index (κ3) is 3.70. The van der Waals surface area contributed by atoms with Crippen molar-refractivity contribution < 1.29 is 13.2 Å². The maximum atomic E-state index is 12.6. The van der Waals surface area contributed by atoms with E-state index in [0.717, 1.165) is 5.69 Å². The number of hydrogen-bond acceptors (Lipinski definition) is 6. The topological polar surface area (TPSA) is 85.3 Å². The maximum Gasteiger partial charge on any atom is 0.244 e. The van der Waals surface area contributed by atoms with Crippen molar-refractivity contribution in [2.45, 2.75) is 37.7 Å². The third-order valence-electron chi connectivity index (χ3n) is 3.90. The molecule has 8 heteroatoms. The van der Waals surface area contributed by atoms with Gasteiger partial charge in [0, 0.05) is 37.2 Å². The summed E-state index contributed by atoms with van der Waals surface area (Å²) in [5.74, 6) is 1.22. The fourth-order valence-corrected chi connectivity index (χ4v) is 4.19. The molecule has 0 bridgehead atoms. The van der Waals surface area contributed by atoms with E-state index in [0.29, 0.717) is 37.6 Å². The molecule has 0 N–H and O–H groups in total. The number of ether oxygens (including phenoxy) is 1. The van der Waals surface area contributed by atoms with Crippen molar-refractivity contribution >= 4 is 10.0 Å². The van der Waals surface area contributed by atoms with Crippen LogP contribution >= 0.6 is 0 Å². The van der Waals surface area contributed by atoms with Crippen LogP contribution in [0.3, 0.4) is 0 Å². The number of rotatable bonds is 4. The SMILES string of the molecule is Cc1cc(OC2CCN(S(=O)(=O)c3cccnc3)CC2)nc(C)n1. The van der Waals surface area contributed by atoms with E-state index in [1.807, 2.05) is 13.8 Å². The minimum absolute atomic E-state index is 0.0425. The molecule has 0 radical (unpaired) electrons. The van der Waals surface area contributed by atoms with Gasteiger partial charge in [0.05, 0.1) is 0 Å². The Morgan fingerprint density at radius 1 is 1.21 bits per heavy atom. The van der Waals surface area contributed by atoms with Gasteiger partial charge in [0.15, 0.2) is 0 Å². The van der Waals surface area contributed by atoms with Crippen molar-refractivity contribution in [3.63, 3.8) is 0 Å². The first-order chi connectivity index (χ1) is 11.4. The van der Waals surface area contributed by atoms with Crippen LogP contribution in [0.25, 0.3) is 0 Å². The fourth-order valence-electron chi connectivity index (χ4n) is 2.75. The average Bonchev–Trinajstić information content (AvgIpc) is 2.55. The number of sulfonamides is 1. The van der Waals surface area contributed by atoms with Crippen molar-refractivity contribution in [1.82, 2.24) is 19.3 Å². The molecule has 0 unspecified atom stereocenters. The molecule has 3 rings (SSSR count). The van der Waals surface area contributed by atoms with E-state index in [4.69, 9.17) is 4.74 Å². The van der Waals surface area contributed by atoms with Crippen molar-refractivity contribution in [2.24, 2.45) is 0 Å². The molecule has 24 heavy (non-hydrogen) atoms. The summed E-state index contributed by atoms with van der Waals surface area (Å²) in [4.78, 5) is 12.6. The highest BCUT2D eigenvalue weighted by molar-refractivity contribution is 7.89. The molecule has 3 heterocycles. The summed E-state index contributed by atoms with van der Waals surface area (Å²) in [6, 6.07) is 4.99. The molecule has 1 saturated heterocycles. The van der Waals surface area contributed by atoms with Gasteiger partial charge in [0.25, 0.3) is 0 Å². The zero-order valence-electron chi connectivity index (χ0n) is 13.7. The molecule has 7 nitrogen and oxygen atoms in total. The van der Waals surface area contributed by atoms with Gasteiger partial charge in [-0.25, -0.2) is 13.4 Å². The third-order valence-corrected chi connectivity index (χ3v) is 5.79. The lowest BCUT2D eigenvalue weighted by Gasteiger charge is -2.31. The molecule has 0 saturated carbocycles. The second-order valence-corrected chi connectivity index (χ2v) is 7.74. The zero-order valence-corrected chi connectivity index (χ0v) is 14.5. The summed E-state index contributed by atoms with van der Waals surface area (Å²) in [6.07, 6.45) is 4.15. The average molecular weight is 348 g/mol. The molecule has 128 valence electrons. The molecule has 0 atom stereocenters. The summed E-state index contributed by atoms with van der Waals surface area (Å²) in [6.45, 7) is 4.56. The van der Waals surface area contributed by atoms with Gasteiger partial charge < -0.3 is 4.74 Å². The van der Waals surface area contributed by atoms with Gasteiger partial charge in [-0.05, 0) is 38.8 Å². The summed E-state index contributed by atoms with van der Waals surface area (Å²) in [7, 11) is -3.48. The van der Waals surface area contributed by atoms with E-state index >= 15 is 0 Å². The monoisotopic (exact) mass is 348 g/mol. The Kier molecular flexibility index (Phi) is 4.77. The lowest BCUT2D eigenvalue weighted by Crippen LogP contribution is -2.41. The maximum absolute atomic E-state index is 12.6. The molecule has 0 spiro atoms. The Morgan fingerprint density at radius 3 is 2.58 bits per heavy atom. The number of hydrogen-bond donors (Lipinski definition) is 0. The van der Waals surface area contributed by atoms with E-state index in [1.165, 1.54) is 10.5 Å². The highest BCUT2D eigenvalue weighted by atomic mass is 32.2. The van der Waals surface area contributed by atoms with Crippen LogP contribution in [-0.4, -0.2) is 46.9 Å². The van der Waals surface area contributed by atoms with Crippen LogP contribution in [0.5, 0.6) is 5.88 Å². The molecule has 1 aliphatic rings. The first-order valence-electron chi connectivity index (χ1n) is 7.84. The molecule has 2 aromatic rings. The molecule has 1 aliphatic heterocycles. The zero-order chi connectivity index (χ0) is 17.2. The van der Waals surface area contributed by atoms with Crippen LogP contribution in [0.4, 0.5) is 0 Å². The van der Waals surface area contributed by atoms with Crippen LogP contribution in [0, 0.1) is 13.8 Å². The highest BCUT2D eigenvalue weighted by Crippen LogP contribution is 2.22. The number of aryl methyl sites for hydroxylation is 2. The van der Waals surface area contributed by atoms with Crippen molar-refractivity contribution in [3.05, 3.63) is 42.1 Å². The van der Waals surface area contributed by atoms with Gasteiger partial charge in [0.2, 0.25) is 15.9 Å². The van der Waals surface area contributed by atoms with Gasteiger partial charge in [-0.2, -0.15) is 9.29 Å². The standard InChI is InChI=1S/C16H20N4O3S/c1-12-10-16(19-13(2)18-12)23-14-5-8-20(9-6-14)24(21,22)15-4-3-7-17-11-15/h3-4,7,10-11,14H,5-6,8-9H2,1-2H3. The van der Waals surface area contributed by atoms with Crippen molar-refractivity contribution in [3.8, 4) is 5.88 Å². The first-order valence-corrected chi connectivity index (χ1v) is 9.28. The second kappa shape index (κ2) is 6.82. The summed E-state index contributed by atoms with van der Waals surface area (Å²) in [5, 5.41) is 0. The molecule has 0 aliphatic carbocycles. The first kappa shape index (κ1) is 16.8. The largest absolute Gasteiger partial charge is 0.474 e. The van der Waals surface area contributed by atoms with E-state index in [1.54, 1.807) is 24.4 Å². The van der Waals surface area contributed by atoms with Gasteiger partial charge in [-0.3, -0.25) is 4.98 Å². The lowest BCUT2D eigenvalue weighted by molar-refractivity contribution is 0.129. The van der Waals surface area contributed by atoms with Crippen molar-refractivity contribution in [1.29, 1.82) is 0 Å². The van der Waals surface area contributed by atoms with Crippen molar-refractivity contribution in [2.75, 3.05) is 13.1 Å². The summed E-state index contributed by atoms with van der Waals surface area (Å²) < 4.78 is 32.5. The Bertz CT molecular complexity index is 783. The van der Waals surface area contributed by atoms with Gasteiger partial charge >= 0.3 is 0 Å². The number of aromatic nitrogens is 3. The quantitative estimate of drug-likeness (QED) is 0.836. The normalized spacial score (nSPS) is 16.9. The van der Waals surface area contributed by atoms with Crippen LogP contribution in [0.2, 0.25) is 0 Å². The smallest absolute Gasteiger partial charge is 0.244 e. The van der Waals surface area contributed by atoms with Crippen LogP contribution in [0.1, 0.15) is 24.4 Å². The van der Waals surface area contributed by atoms with E-state index in [-0.39, 0.29) is 11.0 Å². The predicted molar refractivity (Wildman–Crippen MR) is 88.2 cm³/mol. The van der Waals surface area contributed by atoms with Gasteiger partial charge in [0.1, 0.15) is 16.8 Å². The summed E-state index contributed by atoms with van der Waals surface area (Å²) in [5.41, 5.74) is 0.856.